The average Bonchev–Trinajstić information content (AvgIpc) is 3.18. The average molecular weight is 432 g/mol. The molecule has 1 aliphatic carbocycles. The lowest BCUT2D eigenvalue weighted by Gasteiger charge is -2.36. The van der Waals surface area contributed by atoms with E-state index in [0.29, 0.717) is 18.4 Å². The molecule has 0 radical (unpaired) electrons. The van der Waals surface area contributed by atoms with Gasteiger partial charge in [-0.15, -0.1) is 11.3 Å². The van der Waals surface area contributed by atoms with E-state index in [0.717, 1.165) is 55.8 Å². The lowest BCUT2D eigenvalue weighted by Crippen LogP contribution is -2.47. The monoisotopic (exact) mass is 431 g/mol. The summed E-state index contributed by atoms with van der Waals surface area (Å²) in [6, 6.07) is 5.57. The number of benzene rings is 1. The predicted octanol–water partition coefficient (Wildman–Crippen LogP) is 5.12. The highest BCUT2D eigenvalue weighted by atomic mass is 32.1. The fourth-order valence-corrected chi connectivity index (χ4v) is 6.07. The maximum atomic E-state index is 13.5. The summed E-state index contributed by atoms with van der Waals surface area (Å²) in [6.07, 6.45) is 7.86. The van der Waals surface area contributed by atoms with Crippen LogP contribution in [0, 0.1) is 5.82 Å². The standard InChI is InChI=1S/C24H34FN3OS/c1-2-28(20-7-4-3-5-8-20)24(29)9-6-12-26-13-15-27(16-14-26)22-18-30-23-17-19(25)10-11-21(22)23/h10-11,17-18,20H,2-9,12-16H2,1H3. The van der Waals surface area contributed by atoms with Gasteiger partial charge >= 0.3 is 0 Å². The first-order valence-electron chi connectivity index (χ1n) is 11.6. The van der Waals surface area contributed by atoms with Crippen LogP contribution in [0.4, 0.5) is 10.1 Å². The molecule has 4 nitrogen and oxygen atoms in total. The summed E-state index contributed by atoms with van der Waals surface area (Å²) in [5.74, 6) is 0.181. The molecule has 1 saturated heterocycles. The molecule has 2 aliphatic rings. The van der Waals surface area contributed by atoms with Crippen molar-refractivity contribution in [2.75, 3.05) is 44.2 Å². The van der Waals surface area contributed by atoms with Crippen LogP contribution in [0.2, 0.25) is 0 Å². The highest BCUT2D eigenvalue weighted by Gasteiger charge is 2.24. The van der Waals surface area contributed by atoms with Crippen molar-refractivity contribution >= 4 is 33.0 Å². The van der Waals surface area contributed by atoms with Gasteiger partial charge in [-0.3, -0.25) is 9.69 Å². The van der Waals surface area contributed by atoms with Gasteiger partial charge in [-0.1, -0.05) is 19.3 Å². The molecule has 0 atom stereocenters. The van der Waals surface area contributed by atoms with Gasteiger partial charge in [0.05, 0.1) is 5.69 Å². The van der Waals surface area contributed by atoms with E-state index in [1.54, 1.807) is 23.5 Å². The normalized spacial score (nSPS) is 18.8. The second kappa shape index (κ2) is 10.1. The maximum absolute atomic E-state index is 13.5. The summed E-state index contributed by atoms with van der Waals surface area (Å²) in [6.45, 7) is 7.98. The maximum Gasteiger partial charge on any atom is 0.222 e. The summed E-state index contributed by atoms with van der Waals surface area (Å²) in [5.41, 5.74) is 1.23. The summed E-state index contributed by atoms with van der Waals surface area (Å²) < 4.78 is 14.5. The molecule has 0 unspecified atom stereocenters. The predicted molar refractivity (Wildman–Crippen MR) is 124 cm³/mol. The van der Waals surface area contributed by atoms with E-state index in [1.165, 1.54) is 37.8 Å². The van der Waals surface area contributed by atoms with Crippen molar-refractivity contribution < 1.29 is 9.18 Å². The van der Waals surface area contributed by atoms with E-state index in [9.17, 15) is 9.18 Å². The van der Waals surface area contributed by atoms with Gasteiger partial charge in [0.1, 0.15) is 5.82 Å². The van der Waals surface area contributed by atoms with E-state index in [4.69, 9.17) is 0 Å². The second-order valence-electron chi connectivity index (χ2n) is 8.67. The highest BCUT2D eigenvalue weighted by molar-refractivity contribution is 7.17. The van der Waals surface area contributed by atoms with E-state index in [2.05, 4.69) is 27.0 Å². The zero-order valence-corrected chi connectivity index (χ0v) is 18.9. The lowest BCUT2D eigenvalue weighted by atomic mass is 9.94. The van der Waals surface area contributed by atoms with E-state index in [1.807, 2.05) is 6.07 Å². The molecule has 2 fully saturated rings. The van der Waals surface area contributed by atoms with Gasteiger partial charge in [0.25, 0.3) is 0 Å². The summed E-state index contributed by atoms with van der Waals surface area (Å²) in [5, 5.41) is 3.31. The molecule has 2 heterocycles. The van der Waals surface area contributed by atoms with Crippen LogP contribution in [0.3, 0.4) is 0 Å². The van der Waals surface area contributed by atoms with Crippen LogP contribution in [0.15, 0.2) is 23.6 Å². The van der Waals surface area contributed by atoms with Crippen LogP contribution in [-0.2, 0) is 4.79 Å². The number of carbonyl (C=O) groups excluding carboxylic acids is 1. The number of amides is 1. The number of thiophene rings is 1. The third-order valence-corrected chi connectivity index (χ3v) is 7.70. The van der Waals surface area contributed by atoms with E-state index < -0.39 is 0 Å². The molecule has 1 aromatic heterocycles. The first-order chi connectivity index (χ1) is 14.7. The van der Waals surface area contributed by atoms with Gasteiger partial charge in [0.15, 0.2) is 0 Å². The third-order valence-electron chi connectivity index (χ3n) is 6.77. The molecule has 164 valence electrons. The molecule has 0 N–H and O–H groups in total. The van der Waals surface area contributed by atoms with Crippen LogP contribution in [0.1, 0.15) is 51.9 Å². The van der Waals surface area contributed by atoms with Crippen molar-refractivity contribution in [1.29, 1.82) is 0 Å². The number of piperazine rings is 1. The number of fused-ring (bicyclic) bond motifs is 1. The van der Waals surface area contributed by atoms with E-state index in [-0.39, 0.29) is 5.82 Å². The minimum absolute atomic E-state index is 0.166. The van der Waals surface area contributed by atoms with Crippen LogP contribution < -0.4 is 4.90 Å². The Labute approximate surface area is 183 Å². The van der Waals surface area contributed by atoms with Gasteiger partial charge < -0.3 is 9.80 Å². The Morgan fingerprint density at radius 1 is 1.17 bits per heavy atom. The van der Waals surface area contributed by atoms with E-state index >= 15 is 0 Å². The number of rotatable bonds is 7. The minimum atomic E-state index is -0.166. The third kappa shape index (κ3) is 4.97. The minimum Gasteiger partial charge on any atom is -0.368 e. The van der Waals surface area contributed by atoms with Gasteiger partial charge in [0.2, 0.25) is 5.91 Å². The molecule has 6 heteroatoms. The van der Waals surface area contributed by atoms with Gasteiger partial charge in [-0.05, 0) is 50.9 Å². The summed E-state index contributed by atoms with van der Waals surface area (Å²) in [4.78, 5) is 19.8. The van der Waals surface area contributed by atoms with Gasteiger partial charge in [-0.2, -0.15) is 0 Å². The Morgan fingerprint density at radius 2 is 1.93 bits per heavy atom. The molecular formula is C24H34FN3OS. The molecule has 1 saturated carbocycles. The zero-order chi connectivity index (χ0) is 20.9. The largest absolute Gasteiger partial charge is 0.368 e. The number of hydrogen-bond acceptors (Lipinski definition) is 4. The smallest absolute Gasteiger partial charge is 0.222 e. The molecule has 2 aromatic rings. The molecule has 0 spiro atoms. The molecule has 1 aromatic carbocycles. The lowest BCUT2D eigenvalue weighted by molar-refractivity contribution is -0.134. The molecule has 1 amide bonds. The number of hydrogen-bond donors (Lipinski definition) is 0. The van der Waals surface area contributed by atoms with Crippen LogP contribution in [-0.4, -0.2) is 61.0 Å². The van der Waals surface area contributed by atoms with Crippen LogP contribution in [0.5, 0.6) is 0 Å². The fourth-order valence-electron chi connectivity index (χ4n) is 5.07. The van der Waals surface area contributed by atoms with Crippen molar-refractivity contribution in [2.45, 2.75) is 57.9 Å². The summed E-state index contributed by atoms with van der Waals surface area (Å²) in [7, 11) is 0. The van der Waals surface area contributed by atoms with Gasteiger partial charge in [0, 0.05) is 60.7 Å². The first-order valence-corrected chi connectivity index (χ1v) is 12.5. The molecule has 30 heavy (non-hydrogen) atoms. The Kier molecular flexibility index (Phi) is 7.26. The molecule has 1 aliphatic heterocycles. The van der Waals surface area contributed by atoms with Crippen molar-refractivity contribution in [3.05, 3.63) is 29.4 Å². The topological polar surface area (TPSA) is 26.8 Å². The SMILES string of the molecule is CCN(C(=O)CCCN1CCN(c2csc3cc(F)ccc23)CC1)C1CCCCC1. The fraction of sp³-hybridized carbons (Fsp3) is 0.625. The quantitative estimate of drug-likeness (QED) is 0.608. The van der Waals surface area contributed by atoms with Crippen molar-refractivity contribution in [1.82, 2.24) is 9.80 Å². The molecule has 4 rings (SSSR count). The number of halogens is 1. The van der Waals surface area contributed by atoms with Gasteiger partial charge in [-0.25, -0.2) is 4.39 Å². The Morgan fingerprint density at radius 3 is 2.67 bits per heavy atom. The zero-order valence-electron chi connectivity index (χ0n) is 18.1. The van der Waals surface area contributed by atoms with Crippen molar-refractivity contribution in [2.24, 2.45) is 0 Å². The van der Waals surface area contributed by atoms with Crippen molar-refractivity contribution in [3.63, 3.8) is 0 Å². The second-order valence-corrected chi connectivity index (χ2v) is 9.58. The number of nitrogens with zero attached hydrogens (tertiary/aromatic N) is 3. The first kappa shape index (κ1) is 21.6. The Balaban J connectivity index is 1.22. The number of anilines is 1. The number of carbonyl (C=O) groups is 1. The Hall–Kier alpha value is -1.66. The highest BCUT2D eigenvalue weighted by Crippen LogP contribution is 2.34. The molecule has 0 bridgehead atoms. The summed E-state index contributed by atoms with van der Waals surface area (Å²) >= 11 is 1.62. The van der Waals surface area contributed by atoms with Crippen LogP contribution in [0.25, 0.3) is 10.1 Å². The van der Waals surface area contributed by atoms with Crippen molar-refractivity contribution in [3.8, 4) is 0 Å². The van der Waals surface area contributed by atoms with Crippen LogP contribution >= 0.6 is 11.3 Å². The Bertz CT molecular complexity index is 840. The molecular weight excluding hydrogens is 397 g/mol.